The van der Waals surface area contributed by atoms with E-state index in [9.17, 15) is 4.79 Å². The van der Waals surface area contributed by atoms with E-state index >= 15 is 0 Å². The SMILES string of the molecule is C=CCCCCCOC(=O)Cl. The Bertz CT molecular complexity index is 123. The Labute approximate surface area is 72.2 Å². The van der Waals surface area contributed by atoms with Gasteiger partial charge < -0.3 is 4.74 Å². The number of hydrogen-bond acceptors (Lipinski definition) is 2. The van der Waals surface area contributed by atoms with Crippen LogP contribution < -0.4 is 0 Å². The van der Waals surface area contributed by atoms with Gasteiger partial charge in [-0.3, -0.25) is 0 Å². The van der Waals surface area contributed by atoms with Crippen LogP contribution in [-0.2, 0) is 4.74 Å². The molecule has 0 N–H and O–H groups in total. The minimum atomic E-state index is -0.714. The summed E-state index contributed by atoms with van der Waals surface area (Å²) in [5.74, 6) is 0. The molecule has 0 amide bonds. The average molecular weight is 177 g/mol. The number of hydrogen-bond donors (Lipinski definition) is 0. The van der Waals surface area contributed by atoms with Crippen molar-refractivity contribution in [3.05, 3.63) is 12.7 Å². The minimum absolute atomic E-state index is 0.430. The van der Waals surface area contributed by atoms with Crippen molar-refractivity contribution in [1.82, 2.24) is 0 Å². The van der Waals surface area contributed by atoms with Crippen molar-refractivity contribution in [2.24, 2.45) is 0 Å². The van der Waals surface area contributed by atoms with Crippen LogP contribution in [0.1, 0.15) is 25.7 Å². The van der Waals surface area contributed by atoms with Gasteiger partial charge in [-0.2, -0.15) is 0 Å². The summed E-state index contributed by atoms with van der Waals surface area (Å²) in [6.07, 6.45) is 5.94. The zero-order valence-corrected chi connectivity index (χ0v) is 7.27. The third-order valence-corrected chi connectivity index (χ3v) is 1.38. The van der Waals surface area contributed by atoms with Gasteiger partial charge in [-0.1, -0.05) is 6.08 Å². The predicted molar refractivity (Wildman–Crippen MR) is 45.9 cm³/mol. The lowest BCUT2D eigenvalue weighted by atomic mass is 10.2. The van der Waals surface area contributed by atoms with E-state index in [2.05, 4.69) is 11.3 Å². The van der Waals surface area contributed by atoms with Crippen molar-refractivity contribution in [1.29, 1.82) is 0 Å². The number of halogens is 1. The number of carbonyl (C=O) groups excluding carboxylic acids is 1. The van der Waals surface area contributed by atoms with Crippen molar-refractivity contribution in [3.8, 4) is 0 Å². The summed E-state index contributed by atoms with van der Waals surface area (Å²) < 4.78 is 4.52. The smallest absolute Gasteiger partial charge is 0.403 e. The second-order valence-corrected chi connectivity index (χ2v) is 2.53. The van der Waals surface area contributed by atoms with Crippen LogP contribution in [0, 0.1) is 0 Å². The first-order chi connectivity index (χ1) is 5.27. The lowest BCUT2D eigenvalue weighted by molar-refractivity contribution is 0.171. The summed E-state index contributed by atoms with van der Waals surface area (Å²) in [5, 5.41) is 0. The van der Waals surface area contributed by atoms with Gasteiger partial charge in [0, 0.05) is 11.6 Å². The lowest BCUT2D eigenvalue weighted by Gasteiger charge is -1.98. The Kier molecular flexibility index (Phi) is 7.26. The van der Waals surface area contributed by atoms with Crippen molar-refractivity contribution >= 4 is 17.0 Å². The predicted octanol–water partition coefficient (Wildman–Crippen LogP) is 3.11. The largest absolute Gasteiger partial charge is 0.454 e. The highest BCUT2D eigenvalue weighted by molar-refractivity contribution is 6.61. The number of allylic oxidation sites excluding steroid dienone is 1. The first-order valence-corrected chi connectivity index (χ1v) is 4.08. The zero-order valence-electron chi connectivity index (χ0n) is 6.51. The highest BCUT2D eigenvalue weighted by Crippen LogP contribution is 2.00. The average Bonchev–Trinajstić information content (AvgIpc) is 1.96. The van der Waals surface area contributed by atoms with Crippen LogP contribution in [-0.4, -0.2) is 12.0 Å². The number of ether oxygens (including phenoxy) is 1. The zero-order chi connectivity index (χ0) is 8.53. The van der Waals surface area contributed by atoms with Crippen LogP contribution >= 0.6 is 11.6 Å². The molecule has 0 aliphatic heterocycles. The van der Waals surface area contributed by atoms with Crippen molar-refractivity contribution in [3.63, 3.8) is 0 Å². The van der Waals surface area contributed by atoms with Crippen LogP contribution in [0.15, 0.2) is 12.7 Å². The van der Waals surface area contributed by atoms with Crippen molar-refractivity contribution in [2.45, 2.75) is 25.7 Å². The van der Waals surface area contributed by atoms with Gasteiger partial charge in [0.25, 0.3) is 0 Å². The van der Waals surface area contributed by atoms with E-state index in [0.29, 0.717) is 6.61 Å². The van der Waals surface area contributed by atoms with Gasteiger partial charge in [-0.15, -0.1) is 6.58 Å². The summed E-state index contributed by atoms with van der Waals surface area (Å²) >= 11 is 4.94. The first-order valence-electron chi connectivity index (χ1n) is 3.70. The molecule has 11 heavy (non-hydrogen) atoms. The Balaban J connectivity index is 2.90. The van der Waals surface area contributed by atoms with E-state index in [-0.39, 0.29) is 0 Å². The number of unbranched alkanes of at least 4 members (excludes halogenated alkanes) is 3. The van der Waals surface area contributed by atoms with Gasteiger partial charge in [0.1, 0.15) is 0 Å². The molecule has 0 aliphatic carbocycles. The Morgan fingerprint density at radius 3 is 2.73 bits per heavy atom. The standard InChI is InChI=1S/C8H13ClO2/c1-2-3-4-5-6-7-11-8(9)10/h2H,1,3-7H2. The second kappa shape index (κ2) is 7.61. The van der Waals surface area contributed by atoms with Crippen LogP contribution in [0.3, 0.4) is 0 Å². The van der Waals surface area contributed by atoms with Gasteiger partial charge >= 0.3 is 5.43 Å². The van der Waals surface area contributed by atoms with Crippen LogP contribution in [0.5, 0.6) is 0 Å². The molecule has 0 saturated carbocycles. The third kappa shape index (κ3) is 9.50. The quantitative estimate of drug-likeness (QED) is 0.353. The minimum Gasteiger partial charge on any atom is -0.454 e. The molecule has 0 aliphatic rings. The molecule has 3 heteroatoms. The molecule has 0 saturated heterocycles. The van der Waals surface area contributed by atoms with Crippen LogP contribution in [0.25, 0.3) is 0 Å². The highest BCUT2D eigenvalue weighted by atomic mass is 35.5. The summed E-state index contributed by atoms with van der Waals surface area (Å²) in [4.78, 5) is 10.1. The van der Waals surface area contributed by atoms with E-state index in [1.165, 1.54) is 0 Å². The lowest BCUT2D eigenvalue weighted by Crippen LogP contribution is -1.95. The molecule has 0 aromatic rings. The van der Waals surface area contributed by atoms with Crippen molar-refractivity contribution in [2.75, 3.05) is 6.61 Å². The van der Waals surface area contributed by atoms with Gasteiger partial charge in [0.15, 0.2) is 0 Å². The molecule has 0 unspecified atom stereocenters. The van der Waals surface area contributed by atoms with E-state index in [1.807, 2.05) is 6.08 Å². The van der Waals surface area contributed by atoms with Crippen LogP contribution in [0.4, 0.5) is 4.79 Å². The topological polar surface area (TPSA) is 26.3 Å². The normalized spacial score (nSPS) is 9.18. The molecule has 0 heterocycles. The maximum Gasteiger partial charge on any atom is 0.403 e. The maximum atomic E-state index is 10.1. The molecule has 0 atom stereocenters. The number of carbonyl (C=O) groups is 1. The second-order valence-electron chi connectivity index (χ2n) is 2.22. The molecule has 0 spiro atoms. The summed E-state index contributed by atoms with van der Waals surface area (Å²) in [7, 11) is 0. The van der Waals surface area contributed by atoms with E-state index in [0.717, 1.165) is 25.7 Å². The fraction of sp³-hybridized carbons (Fsp3) is 0.625. The molecule has 0 radical (unpaired) electrons. The summed E-state index contributed by atoms with van der Waals surface area (Å²) in [6, 6.07) is 0. The molecule has 0 rings (SSSR count). The molecule has 0 fully saturated rings. The van der Waals surface area contributed by atoms with E-state index in [4.69, 9.17) is 11.6 Å². The highest BCUT2D eigenvalue weighted by Gasteiger charge is 1.93. The Morgan fingerprint density at radius 1 is 1.45 bits per heavy atom. The molecule has 0 aromatic carbocycles. The fourth-order valence-corrected chi connectivity index (χ4v) is 0.797. The first kappa shape index (κ1) is 10.5. The summed E-state index contributed by atoms with van der Waals surface area (Å²) in [5.41, 5.74) is -0.714. The van der Waals surface area contributed by atoms with E-state index in [1.54, 1.807) is 0 Å². The molecule has 0 bridgehead atoms. The summed E-state index contributed by atoms with van der Waals surface area (Å²) in [6.45, 7) is 4.03. The Morgan fingerprint density at radius 2 is 2.18 bits per heavy atom. The van der Waals surface area contributed by atoms with Gasteiger partial charge in [-0.05, 0) is 25.7 Å². The molecule has 2 nitrogen and oxygen atoms in total. The fourth-order valence-electron chi connectivity index (χ4n) is 0.720. The van der Waals surface area contributed by atoms with Gasteiger partial charge in [-0.25, -0.2) is 4.79 Å². The van der Waals surface area contributed by atoms with Crippen molar-refractivity contribution < 1.29 is 9.53 Å². The van der Waals surface area contributed by atoms with Gasteiger partial charge in [0.2, 0.25) is 0 Å². The van der Waals surface area contributed by atoms with Crippen LogP contribution in [0.2, 0.25) is 0 Å². The Hall–Kier alpha value is -0.500. The van der Waals surface area contributed by atoms with E-state index < -0.39 is 5.43 Å². The molecule has 0 aromatic heterocycles. The molecular formula is C8H13ClO2. The van der Waals surface area contributed by atoms with Gasteiger partial charge in [0.05, 0.1) is 6.61 Å². The molecule has 64 valence electrons. The monoisotopic (exact) mass is 176 g/mol. The third-order valence-electron chi connectivity index (χ3n) is 1.27. The molecular weight excluding hydrogens is 164 g/mol. The number of rotatable bonds is 6. The maximum absolute atomic E-state index is 10.1.